The number of nitrogens with one attached hydrogen (secondary N) is 2. The molecule has 1 heterocycles. The lowest BCUT2D eigenvalue weighted by atomic mass is 10.2. The first-order valence-corrected chi connectivity index (χ1v) is 8.75. The molecule has 1 saturated heterocycles. The quantitative estimate of drug-likeness (QED) is 0.685. The van der Waals surface area contributed by atoms with Crippen molar-refractivity contribution in [1.82, 2.24) is 15.5 Å². The minimum absolute atomic E-state index is 0.0522. The average molecular weight is 367 g/mol. The summed E-state index contributed by atoms with van der Waals surface area (Å²) in [4.78, 5) is 37.1. The first-order valence-electron chi connectivity index (χ1n) is 8.75. The van der Waals surface area contributed by atoms with Crippen molar-refractivity contribution in [2.75, 3.05) is 26.2 Å². The highest BCUT2D eigenvalue weighted by atomic mass is 19.1. The molecule has 0 spiro atoms. The molecule has 0 unspecified atom stereocenters. The van der Waals surface area contributed by atoms with E-state index in [1.807, 2.05) is 0 Å². The molecule has 26 heavy (non-hydrogen) atoms. The monoisotopic (exact) mass is 367 g/mol. The first kappa shape index (κ1) is 19.8. The second kappa shape index (κ2) is 9.84. The van der Waals surface area contributed by atoms with Crippen LogP contribution < -0.4 is 10.6 Å². The number of carbonyl (C=O) groups excluding carboxylic acids is 3. The van der Waals surface area contributed by atoms with Crippen molar-refractivity contribution in [3.63, 3.8) is 0 Å². The van der Waals surface area contributed by atoms with E-state index < -0.39 is 17.5 Å². The molecule has 0 aromatic heterocycles. The molecule has 2 rings (SSSR count). The summed E-state index contributed by atoms with van der Waals surface area (Å²) in [5.41, 5.74) is -0.240. The van der Waals surface area contributed by atoms with Crippen LogP contribution in [0.25, 0.3) is 0 Å². The fourth-order valence-electron chi connectivity index (χ4n) is 2.74. The number of halogens is 2. The molecule has 0 aliphatic carbocycles. The maximum absolute atomic E-state index is 13.5. The Labute approximate surface area is 150 Å². The van der Waals surface area contributed by atoms with Crippen molar-refractivity contribution in [2.24, 2.45) is 0 Å². The number of rotatable bonds is 8. The van der Waals surface area contributed by atoms with E-state index in [0.29, 0.717) is 19.0 Å². The molecule has 0 saturated carbocycles. The van der Waals surface area contributed by atoms with E-state index in [1.165, 1.54) is 0 Å². The number of nitrogens with zero attached hydrogens (tertiary/aromatic N) is 1. The molecule has 2 N–H and O–H groups in total. The summed E-state index contributed by atoms with van der Waals surface area (Å²) in [6, 6.07) is 2.73. The van der Waals surface area contributed by atoms with Crippen molar-refractivity contribution < 1.29 is 23.2 Å². The maximum atomic E-state index is 13.5. The second-order valence-electron chi connectivity index (χ2n) is 6.17. The summed E-state index contributed by atoms with van der Waals surface area (Å²) in [7, 11) is 0. The Bertz CT molecular complexity index is 661. The van der Waals surface area contributed by atoms with Crippen LogP contribution in [0.4, 0.5) is 8.78 Å². The zero-order chi connectivity index (χ0) is 18.9. The summed E-state index contributed by atoms with van der Waals surface area (Å²) in [5, 5.41) is 5.16. The van der Waals surface area contributed by atoms with Gasteiger partial charge in [-0.25, -0.2) is 8.78 Å². The van der Waals surface area contributed by atoms with Gasteiger partial charge in [-0.05, 0) is 31.4 Å². The van der Waals surface area contributed by atoms with Gasteiger partial charge < -0.3 is 15.5 Å². The minimum Gasteiger partial charge on any atom is -0.356 e. The fourth-order valence-corrected chi connectivity index (χ4v) is 2.74. The highest BCUT2D eigenvalue weighted by Gasteiger charge is 2.17. The molecule has 1 aromatic carbocycles. The van der Waals surface area contributed by atoms with Crippen LogP contribution in [0.1, 0.15) is 42.5 Å². The molecule has 0 bridgehead atoms. The highest BCUT2D eigenvalue weighted by Crippen LogP contribution is 2.09. The largest absolute Gasteiger partial charge is 0.356 e. The number of hydrogen-bond donors (Lipinski definition) is 2. The van der Waals surface area contributed by atoms with Crippen LogP contribution in [-0.2, 0) is 9.59 Å². The Morgan fingerprint density at radius 3 is 2.42 bits per heavy atom. The number of hydrogen-bond acceptors (Lipinski definition) is 3. The molecule has 1 aliphatic rings. The van der Waals surface area contributed by atoms with Crippen molar-refractivity contribution in [3.8, 4) is 0 Å². The molecule has 142 valence electrons. The van der Waals surface area contributed by atoms with Crippen LogP contribution >= 0.6 is 0 Å². The Hall–Kier alpha value is -2.51. The van der Waals surface area contributed by atoms with Crippen LogP contribution in [0.3, 0.4) is 0 Å². The lowest BCUT2D eigenvalue weighted by molar-refractivity contribution is -0.130. The van der Waals surface area contributed by atoms with Crippen LogP contribution in [0.2, 0.25) is 0 Å². The predicted octanol–water partition coefficient (Wildman–Crippen LogP) is 1.60. The van der Waals surface area contributed by atoms with Gasteiger partial charge in [0.15, 0.2) is 0 Å². The maximum Gasteiger partial charge on any atom is 0.254 e. The lowest BCUT2D eigenvalue weighted by Crippen LogP contribution is -2.33. The van der Waals surface area contributed by atoms with Gasteiger partial charge in [0.1, 0.15) is 11.6 Å². The lowest BCUT2D eigenvalue weighted by Gasteiger charge is -2.15. The Kier molecular flexibility index (Phi) is 7.50. The summed E-state index contributed by atoms with van der Waals surface area (Å²) in [6.45, 7) is 2.07. The van der Waals surface area contributed by atoms with E-state index in [4.69, 9.17) is 0 Å². The van der Waals surface area contributed by atoms with E-state index in [-0.39, 0.29) is 36.8 Å². The van der Waals surface area contributed by atoms with Crippen LogP contribution in [0, 0.1) is 11.6 Å². The zero-order valence-electron chi connectivity index (χ0n) is 14.5. The number of likely N-dealkylation sites (tertiary alicyclic amines) is 1. The van der Waals surface area contributed by atoms with Gasteiger partial charge in [-0.1, -0.05) is 0 Å². The van der Waals surface area contributed by atoms with Gasteiger partial charge in [-0.15, -0.1) is 0 Å². The summed E-state index contributed by atoms with van der Waals surface area (Å²) in [5.74, 6) is -2.49. The van der Waals surface area contributed by atoms with Gasteiger partial charge in [0, 0.05) is 45.1 Å². The normalized spacial score (nSPS) is 13.5. The standard InChI is InChI=1S/C18H23F2N3O3/c19-13-5-6-14(15(20)12-13)18(26)22-8-3-4-16(24)21-9-7-17(25)23-10-1-2-11-23/h5-6,12H,1-4,7-11H2,(H,21,24)(H,22,26). The van der Waals surface area contributed by atoms with Gasteiger partial charge in [0.25, 0.3) is 5.91 Å². The van der Waals surface area contributed by atoms with Gasteiger partial charge >= 0.3 is 0 Å². The highest BCUT2D eigenvalue weighted by molar-refractivity contribution is 5.94. The molecule has 3 amide bonds. The number of amides is 3. The molecule has 0 radical (unpaired) electrons. The third-order valence-electron chi connectivity index (χ3n) is 4.16. The zero-order valence-corrected chi connectivity index (χ0v) is 14.5. The Morgan fingerprint density at radius 2 is 1.73 bits per heavy atom. The van der Waals surface area contributed by atoms with Gasteiger partial charge in [-0.3, -0.25) is 14.4 Å². The SMILES string of the molecule is O=C(CCCNC(=O)c1ccc(F)cc1F)NCCC(=O)N1CCCC1. The molecule has 6 nitrogen and oxygen atoms in total. The molecule has 1 aromatic rings. The Balaban J connectivity index is 1.58. The smallest absolute Gasteiger partial charge is 0.254 e. The van der Waals surface area contributed by atoms with Crippen molar-refractivity contribution in [2.45, 2.75) is 32.1 Å². The van der Waals surface area contributed by atoms with Crippen molar-refractivity contribution in [1.29, 1.82) is 0 Å². The fraction of sp³-hybridized carbons (Fsp3) is 0.500. The van der Waals surface area contributed by atoms with Crippen molar-refractivity contribution >= 4 is 17.7 Å². The van der Waals surface area contributed by atoms with E-state index >= 15 is 0 Å². The molecular weight excluding hydrogens is 344 g/mol. The Morgan fingerprint density at radius 1 is 1.00 bits per heavy atom. The molecule has 8 heteroatoms. The van der Waals surface area contributed by atoms with Gasteiger partial charge in [0.05, 0.1) is 5.56 Å². The number of carbonyl (C=O) groups is 3. The van der Waals surface area contributed by atoms with E-state index in [0.717, 1.165) is 38.1 Å². The third kappa shape index (κ3) is 6.09. The van der Waals surface area contributed by atoms with Gasteiger partial charge in [0.2, 0.25) is 11.8 Å². The minimum atomic E-state index is -0.928. The summed E-state index contributed by atoms with van der Waals surface area (Å²) >= 11 is 0. The summed E-state index contributed by atoms with van der Waals surface area (Å²) in [6.07, 6.45) is 2.91. The van der Waals surface area contributed by atoms with Crippen LogP contribution in [0.5, 0.6) is 0 Å². The van der Waals surface area contributed by atoms with E-state index in [2.05, 4.69) is 10.6 Å². The average Bonchev–Trinajstić information content (AvgIpc) is 3.13. The molecule has 0 atom stereocenters. The van der Waals surface area contributed by atoms with Crippen LogP contribution in [0.15, 0.2) is 18.2 Å². The first-order chi connectivity index (χ1) is 12.5. The molecule has 1 aliphatic heterocycles. The molecular formula is C18H23F2N3O3. The van der Waals surface area contributed by atoms with E-state index in [1.54, 1.807) is 4.90 Å². The molecule has 1 fully saturated rings. The second-order valence-corrected chi connectivity index (χ2v) is 6.17. The van der Waals surface area contributed by atoms with Crippen molar-refractivity contribution in [3.05, 3.63) is 35.4 Å². The topological polar surface area (TPSA) is 78.5 Å². The predicted molar refractivity (Wildman–Crippen MR) is 91.4 cm³/mol. The van der Waals surface area contributed by atoms with Crippen LogP contribution in [-0.4, -0.2) is 48.8 Å². The van der Waals surface area contributed by atoms with E-state index in [9.17, 15) is 23.2 Å². The third-order valence-corrected chi connectivity index (χ3v) is 4.16. The number of benzene rings is 1. The van der Waals surface area contributed by atoms with Gasteiger partial charge in [-0.2, -0.15) is 0 Å². The summed E-state index contributed by atoms with van der Waals surface area (Å²) < 4.78 is 26.3.